The number of hydrogen-bond acceptors (Lipinski definition) is 2. The summed E-state index contributed by atoms with van der Waals surface area (Å²) >= 11 is 0. The molecule has 0 heterocycles. The minimum atomic E-state index is 0.470. The zero-order valence-electron chi connectivity index (χ0n) is 11.3. The molecule has 94 valence electrons. The van der Waals surface area contributed by atoms with Crippen molar-refractivity contribution in [2.24, 2.45) is 22.5 Å². The van der Waals surface area contributed by atoms with Crippen molar-refractivity contribution in [3.63, 3.8) is 0 Å². The molecule has 0 aliphatic heterocycles. The van der Waals surface area contributed by atoms with E-state index in [-0.39, 0.29) is 0 Å². The second-order valence-corrected chi connectivity index (χ2v) is 7.07. The molecule has 2 fully saturated rings. The van der Waals surface area contributed by atoms with Crippen LogP contribution in [0.1, 0.15) is 53.4 Å². The zero-order valence-corrected chi connectivity index (χ0v) is 11.3. The Hall–Kier alpha value is -0.0800. The molecule has 0 aromatic heterocycles. The molecule has 3 N–H and O–H groups in total. The number of rotatable bonds is 3. The van der Waals surface area contributed by atoms with Crippen LogP contribution in [0.3, 0.4) is 0 Å². The van der Waals surface area contributed by atoms with E-state index in [1.165, 1.54) is 32.2 Å². The molecule has 0 bridgehead atoms. The molecule has 2 aliphatic carbocycles. The van der Waals surface area contributed by atoms with Gasteiger partial charge in [0, 0.05) is 12.1 Å². The molecule has 0 radical (unpaired) electrons. The van der Waals surface area contributed by atoms with Gasteiger partial charge in [-0.3, -0.25) is 0 Å². The summed E-state index contributed by atoms with van der Waals surface area (Å²) < 4.78 is 0. The highest BCUT2D eigenvalue weighted by atomic mass is 15.0. The van der Waals surface area contributed by atoms with E-state index >= 15 is 0 Å². The van der Waals surface area contributed by atoms with Gasteiger partial charge in [0.15, 0.2) is 0 Å². The van der Waals surface area contributed by atoms with Crippen LogP contribution in [0, 0.1) is 16.7 Å². The molecule has 0 atom stereocenters. The van der Waals surface area contributed by atoms with Gasteiger partial charge in [-0.05, 0) is 49.0 Å². The summed E-state index contributed by atoms with van der Waals surface area (Å²) in [6, 6.07) is 1.18. The van der Waals surface area contributed by atoms with Crippen LogP contribution >= 0.6 is 0 Å². The molecule has 2 saturated carbocycles. The normalized spacial score (nSPS) is 37.3. The summed E-state index contributed by atoms with van der Waals surface area (Å²) in [6.07, 6.45) is 5.09. The zero-order chi connectivity index (χ0) is 12.0. The average molecular weight is 224 g/mol. The highest BCUT2D eigenvalue weighted by Crippen LogP contribution is 2.62. The second kappa shape index (κ2) is 3.99. The molecule has 16 heavy (non-hydrogen) atoms. The smallest absolute Gasteiger partial charge is 0.0181 e. The van der Waals surface area contributed by atoms with Crippen LogP contribution in [-0.2, 0) is 0 Å². The van der Waals surface area contributed by atoms with Gasteiger partial charge in [0.25, 0.3) is 0 Å². The number of nitrogens with one attached hydrogen (secondary N) is 1. The van der Waals surface area contributed by atoms with Crippen molar-refractivity contribution in [2.75, 3.05) is 6.54 Å². The topological polar surface area (TPSA) is 38.0 Å². The van der Waals surface area contributed by atoms with Crippen molar-refractivity contribution in [3.8, 4) is 0 Å². The second-order valence-electron chi connectivity index (χ2n) is 7.07. The maximum atomic E-state index is 5.93. The van der Waals surface area contributed by atoms with E-state index < -0.39 is 0 Å². The van der Waals surface area contributed by atoms with Crippen LogP contribution in [0.25, 0.3) is 0 Å². The lowest BCUT2D eigenvalue weighted by atomic mass is 9.86. The maximum Gasteiger partial charge on any atom is 0.0181 e. The van der Waals surface area contributed by atoms with Crippen molar-refractivity contribution in [1.29, 1.82) is 0 Å². The predicted octanol–water partition coefficient (Wildman–Crippen LogP) is 2.53. The summed E-state index contributed by atoms with van der Waals surface area (Å²) in [5.41, 5.74) is 6.87. The fraction of sp³-hybridized carbons (Fsp3) is 1.00. The monoisotopic (exact) mass is 224 g/mol. The third-order valence-corrected chi connectivity index (χ3v) is 5.52. The molecule has 2 heteroatoms. The first-order valence-corrected chi connectivity index (χ1v) is 6.84. The van der Waals surface area contributed by atoms with Gasteiger partial charge < -0.3 is 11.1 Å². The van der Waals surface area contributed by atoms with Crippen molar-refractivity contribution in [2.45, 2.75) is 65.5 Å². The molecule has 0 amide bonds. The molecule has 0 aromatic carbocycles. The first-order chi connectivity index (χ1) is 7.35. The molecule has 0 aromatic rings. The summed E-state index contributed by atoms with van der Waals surface area (Å²) in [6.45, 7) is 10.7. The van der Waals surface area contributed by atoms with Crippen molar-refractivity contribution in [1.82, 2.24) is 5.32 Å². The number of nitrogens with two attached hydrogens (primary N) is 1. The Kier molecular flexibility index (Phi) is 3.09. The van der Waals surface area contributed by atoms with Crippen LogP contribution in [0.2, 0.25) is 0 Å². The molecular weight excluding hydrogens is 196 g/mol. The van der Waals surface area contributed by atoms with Crippen molar-refractivity contribution >= 4 is 0 Å². The Bertz CT molecular complexity index is 235. The molecule has 0 unspecified atom stereocenters. The standard InChI is InChI=1S/C14H28N2/c1-13(2)12(14(13,3)4)16-9-10-5-7-11(15)8-6-10/h10-12,16H,5-9,15H2,1-4H3. The Labute approximate surface area is 100 Å². The SMILES string of the molecule is CC1(C)C(NCC2CCC(N)CC2)C1(C)C. The average Bonchev–Trinajstić information content (AvgIpc) is 2.58. The fourth-order valence-electron chi connectivity index (χ4n) is 3.38. The van der Waals surface area contributed by atoms with Gasteiger partial charge in [-0.25, -0.2) is 0 Å². The summed E-state index contributed by atoms with van der Waals surface area (Å²) in [5, 5.41) is 3.78. The maximum absolute atomic E-state index is 5.93. The van der Waals surface area contributed by atoms with E-state index in [9.17, 15) is 0 Å². The van der Waals surface area contributed by atoms with Crippen molar-refractivity contribution in [3.05, 3.63) is 0 Å². The van der Waals surface area contributed by atoms with Crippen molar-refractivity contribution < 1.29 is 0 Å². The molecule has 0 spiro atoms. The van der Waals surface area contributed by atoms with Crippen LogP contribution < -0.4 is 11.1 Å². The highest BCUT2D eigenvalue weighted by molar-refractivity contribution is 5.17. The van der Waals surface area contributed by atoms with Gasteiger partial charge >= 0.3 is 0 Å². The van der Waals surface area contributed by atoms with E-state index in [0.29, 0.717) is 22.9 Å². The summed E-state index contributed by atoms with van der Waals surface area (Å²) in [7, 11) is 0. The van der Waals surface area contributed by atoms with Gasteiger partial charge in [-0.1, -0.05) is 27.7 Å². The Morgan fingerprint density at radius 1 is 1.00 bits per heavy atom. The summed E-state index contributed by atoms with van der Waals surface area (Å²) in [5.74, 6) is 0.868. The molecule has 0 saturated heterocycles. The highest BCUT2D eigenvalue weighted by Gasteiger charge is 2.64. The Morgan fingerprint density at radius 2 is 1.50 bits per heavy atom. The predicted molar refractivity (Wildman–Crippen MR) is 69.3 cm³/mol. The van der Waals surface area contributed by atoms with E-state index in [1.807, 2.05) is 0 Å². The minimum absolute atomic E-state index is 0.470. The van der Waals surface area contributed by atoms with Crippen LogP contribution in [0.5, 0.6) is 0 Å². The lowest BCUT2D eigenvalue weighted by Gasteiger charge is -2.26. The minimum Gasteiger partial charge on any atom is -0.328 e. The Morgan fingerprint density at radius 3 is 1.94 bits per heavy atom. The summed E-state index contributed by atoms with van der Waals surface area (Å²) in [4.78, 5) is 0. The first kappa shape index (κ1) is 12.4. The van der Waals surface area contributed by atoms with Gasteiger partial charge in [0.05, 0.1) is 0 Å². The van der Waals surface area contributed by atoms with Gasteiger partial charge in [0.2, 0.25) is 0 Å². The van der Waals surface area contributed by atoms with E-state index in [2.05, 4.69) is 33.0 Å². The van der Waals surface area contributed by atoms with Crippen LogP contribution in [0.15, 0.2) is 0 Å². The lowest BCUT2D eigenvalue weighted by molar-refractivity contribution is 0.308. The van der Waals surface area contributed by atoms with Gasteiger partial charge in [0.1, 0.15) is 0 Å². The molecule has 2 rings (SSSR count). The quantitative estimate of drug-likeness (QED) is 0.773. The Balaban J connectivity index is 1.73. The van der Waals surface area contributed by atoms with E-state index in [0.717, 1.165) is 5.92 Å². The number of hydrogen-bond donors (Lipinski definition) is 2. The fourth-order valence-corrected chi connectivity index (χ4v) is 3.38. The van der Waals surface area contributed by atoms with Gasteiger partial charge in [-0.2, -0.15) is 0 Å². The van der Waals surface area contributed by atoms with E-state index in [4.69, 9.17) is 5.73 Å². The molecule has 2 aliphatic rings. The lowest BCUT2D eigenvalue weighted by Crippen LogP contribution is -2.33. The first-order valence-electron chi connectivity index (χ1n) is 6.84. The van der Waals surface area contributed by atoms with E-state index in [1.54, 1.807) is 0 Å². The molecule has 2 nitrogen and oxygen atoms in total. The molecular formula is C14H28N2. The van der Waals surface area contributed by atoms with Gasteiger partial charge in [-0.15, -0.1) is 0 Å². The largest absolute Gasteiger partial charge is 0.328 e. The third-order valence-electron chi connectivity index (χ3n) is 5.52. The third kappa shape index (κ3) is 2.02. The van der Waals surface area contributed by atoms with Crippen LogP contribution in [-0.4, -0.2) is 18.6 Å². The van der Waals surface area contributed by atoms with Crippen LogP contribution in [0.4, 0.5) is 0 Å².